The monoisotopic (exact) mass is 505 g/mol. The molecule has 9 heteroatoms. The molecule has 0 fully saturated rings. The first-order chi connectivity index (χ1) is 17.3. The lowest BCUT2D eigenvalue weighted by Crippen LogP contribution is -2.39. The molecule has 7 nitrogen and oxygen atoms in total. The molecule has 0 aromatic heterocycles. The molecule has 0 atom stereocenters. The van der Waals surface area contributed by atoms with Crippen LogP contribution in [0.3, 0.4) is 0 Å². The molecule has 1 N–H and O–H groups in total. The van der Waals surface area contributed by atoms with Gasteiger partial charge in [0.15, 0.2) is 0 Å². The second-order valence-electron chi connectivity index (χ2n) is 8.05. The smallest absolute Gasteiger partial charge is 0.260 e. The number of para-hydroxylation sites is 1. The normalized spacial score (nSPS) is 11.5. The molecule has 4 rings (SSSR count). The van der Waals surface area contributed by atoms with Gasteiger partial charge in [0.25, 0.3) is 5.91 Å². The molecule has 36 heavy (non-hydrogen) atoms. The number of halogens is 1. The summed E-state index contributed by atoms with van der Waals surface area (Å²) in [6.07, 6.45) is 2.32. The van der Waals surface area contributed by atoms with Gasteiger partial charge in [-0.05, 0) is 64.4 Å². The number of hydrogen-bond acceptors (Lipinski definition) is 5. The summed E-state index contributed by atoms with van der Waals surface area (Å²) in [5, 5.41) is 6.19. The van der Waals surface area contributed by atoms with Gasteiger partial charge in [0.05, 0.1) is 18.2 Å². The molecular weight excluding hydrogens is 481 g/mol. The summed E-state index contributed by atoms with van der Waals surface area (Å²) in [7, 11) is -3.89. The Bertz CT molecular complexity index is 1510. The average Bonchev–Trinajstić information content (AvgIpc) is 2.86. The van der Waals surface area contributed by atoms with Crippen molar-refractivity contribution in [1.29, 1.82) is 0 Å². The Morgan fingerprint density at radius 2 is 1.67 bits per heavy atom. The van der Waals surface area contributed by atoms with E-state index in [1.807, 2.05) is 18.2 Å². The maximum absolute atomic E-state index is 14.1. The zero-order valence-electron chi connectivity index (χ0n) is 19.5. The topological polar surface area (TPSA) is 88.1 Å². The number of nitrogens with one attached hydrogen (secondary N) is 1. The van der Waals surface area contributed by atoms with Gasteiger partial charge in [0.1, 0.15) is 24.7 Å². The number of carbonyl (C=O) groups excluding carboxylic acids is 1. The standard InChI is InChI=1S/C27H24FN3O4S/c1-36(33,34)31(26-9-5-4-8-25(26)28)18-27(32)30-29-17-20-11-14-24(15-12-20)35-19-21-10-13-22-6-2-3-7-23(22)16-21/h2-17H,18-19H2,1H3,(H,30,32)/b29-17-. The van der Waals surface area contributed by atoms with Crippen molar-refractivity contribution in [3.63, 3.8) is 0 Å². The predicted octanol–water partition coefficient (Wildman–Crippen LogP) is 4.47. The average molecular weight is 506 g/mol. The number of fused-ring (bicyclic) bond motifs is 1. The van der Waals surface area contributed by atoms with Crippen molar-refractivity contribution in [3.05, 3.63) is 108 Å². The number of sulfonamides is 1. The van der Waals surface area contributed by atoms with Gasteiger partial charge in [-0.3, -0.25) is 9.10 Å². The number of anilines is 1. The molecular formula is C27H24FN3O4S. The Labute approximate surface area is 208 Å². The first-order valence-corrected chi connectivity index (χ1v) is 12.9. The van der Waals surface area contributed by atoms with E-state index in [0.717, 1.165) is 23.3 Å². The molecule has 184 valence electrons. The molecule has 0 saturated carbocycles. The fourth-order valence-corrected chi connectivity index (χ4v) is 4.38. The van der Waals surface area contributed by atoms with Crippen LogP contribution < -0.4 is 14.5 Å². The number of hydrazone groups is 1. The lowest BCUT2D eigenvalue weighted by molar-refractivity contribution is -0.119. The number of carbonyl (C=O) groups is 1. The zero-order valence-corrected chi connectivity index (χ0v) is 20.3. The summed E-state index contributed by atoms with van der Waals surface area (Å²) in [4.78, 5) is 12.3. The molecule has 0 aliphatic rings. The van der Waals surface area contributed by atoms with Crippen LogP contribution in [0.4, 0.5) is 10.1 Å². The molecule has 0 unspecified atom stereocenters. The van der Waals surface area contributed by atoms with Gasteiger partial charge in [0, 0.05) is 0 Å². The van der Waals surface area contributed by atoms with Gasteiger partial charge >= 0.3 is 0 Å². The van der Waals surface area contributed by atoms with E-state index >= 15 is 0 Å². The predicted molar refractivity (Wildman–Crippen MR) is 139 cm³/mol. The zero-order chi connectivity index (χ0) is 25.5. The van der Waals surface area contributed by atoms with Crippen LogP contribution in [0.15, 0.2) is 96.1 Å². The fourth-order valence-electron chi connectivity index (χ4n) is 3.53. The number of benzene rings is 4. The Kier molecular flexibility index (Phi) is 7.60. The summed E-state index contributed by atoms with van der Waals surface area (Å²) in [5.41, 5.74) is 3.81. The van der Waals surface area contributed by atoms with Crippen molar-refractivity contribution in [3.8, 4) is 5.75 Å². The molecule has 0 bridgehead atoms. The molecule has 0 aliphatic carbocycles. The van der Waals surface area contributed by atoms with E-state index in [4.69, 9.17) is 4.74 Å². The van der Waals surface area contributed by atoms with E-state index in [0.29, 0.717) is 22.2 Å². The highest BCUT2D eigenvalue weighted by Gasteiger charge is 2.23. The maximum Gasteiger partial charge on any atom is 0.260 e. The third-order valence-electron chi connectivity index (χ3n) is 5.31. The van der Waals surface area contributed by atoms with E-state index in [1.165, 1.54) is 29.8 Å². The van der Waals surface area contributed by atoms with Gasteiger partial charge < -0.3 is 4.74 Å². The van der Waals surface area contributed by atoms with Crippen molar-refractivity contribution < 1.29 is 22.3 Å². The minimum atomic E-state index is -3.89. The molecule has 0 spiro atoms. The van der Waals surface area contributed by atoms with Gasteiger partial charge in [-0.15, -0.1) is 0 Å². The van der Waals surface area contributed by atoms with Crippen molar-refractivity contribution in [2.75, 3.05) is 17.1 Å². The number of rotatable bonds is 9. The molecule has 0 heterocycles. The first-order valence-electron chi connectivity index (χ1n) is 11.0. The Balaban J connectivity index is 1.31. The number of nitrogens with zero attached hydrogens (tertiary/aromatic N) is 2. The van der Waals surface area contributed by atoms with Crippen LogP contribution in [0.1, 0.15) is 11.1 Å². The van der Waals surface area contributed by atoms with Crippen LogP contribution in [0, 0.1) is 5.82 Å². The van der Waals surface area contributed by atoms with Crippen molar-refractivity contribution >= 4 is 38.6 Å². The molecule has 4 aromatic carbocycles. The van der Waals surface area contributed by atoms with Crippen LogP contribution in [0.2, 0.25) is 0 Å². The number of amides is 1. The fraction of sp³-hybridized carbons (Fsp3) is 0.111. The summed E-state index contributed by atoms with van der Waals surface area (Å²) in [6.45, 7) is -0.189. The first kappa shape index (κ1) is 24.9. The molecule has 1 amide bonds. The van der Waals surface area contributed by atoms with Crippen LogP contribution >= 0.6 is 0 Å². The highest BCUT2D eigenvalue weighted by molar-refractivity contribution is 7.92. The SMILES string of the molecule is CS(=O)(=O)N(CC(=O)N/N=C\c1ccc(OCc2ccc3ccccc3c2)cc1)c1ccccc1F. The summed E-state index contributed by atoms with van der Waals surface area (Å²) >= 11 is 0. The van der Waals surface area contributed by atoms with E-state index in [-0.39, 0.29) is 5.69 Å². The number of ether oxygens (including phenoxy) is 1. The van der Waals surface area contributed by atoms with Gasteiger partial charge in [-0.1, -0.05) is 48.5 Å². The number of hydrogen-bond donors (Lipinski definition) is 1. The van der Waals surface area contributed by atoms with Crippen molar-refractivity contribution in [2.24, 2.45) is 5.10 Å². The molecule has 0 radical (unpaired) electrons. The molecule has 0 saturated heterocycles. The minimum absolute atomic E-state index is 0.210. The Hall–Kier alpha value is -4.24. The van der Waals surface area contributed by atoms with E-state index < -0.39 is 28.3 Å². The van der Waals surface area contributed by atoms with E-state index in [9.17, 15) is 17.6 Å². The van der Waals surface area contributed by atoms with Crippen molar-refractivity contribution in [1.82, 2.24) is 5.43 Å². The van der Waals surface area contributed by atoms with Crippen LogP contribution in [0.25, 0.3) is 10.8 Å². The van der Waals surface area contributed by atoms with Gasteiger partial charge in [0.2, 0.25) is 10.0 Å². The van der Waals surface area contributed by atoms with Crippen molar-refractivity contribution in [2.45, 2.75) is 6.61 Å². The van der Waals surface area contributed by atoms with Crippen LogP contribution in [0.5, 0.6) is 5.75 Å². The summed E-state index contributed by atoms with van der Waals surface area (Å²) in [6, 6.07) is 26.8. The molecule has 4 aromatic rings. The summed E-state index contributed by atoms with van der Waals surface area (Å²) in [5.74, 6) is -0.782. The molecule has 0 aliphatic heterocycles. The van der Waals surface area contributed by atoms with Gasteiger partial charge in [-0.2, -0.15) is 5.10 Å². The van der Waals surface area contributed by atoms with E-state index in [1.54, 1.807) is 24.3 Å². The maximum atomic E-state index is 14.1. The van der Waals surface area contributed by atoms with Crippen LogP contribution in [-0.2, 0) is 21.4 Å². The summed E-state index contributed by atoms with van der Waals surface area (Å²) < 4.78 is 44.8. The Morgan fingerprint density at radius 1 is 0.972 bits per heavy atom. The third kappa shape index (κ3) is 6.45. The van der Waals surface area contributed by atoms with Crippen LogP contribution in [-0.4, -0.2) is 33.3 Å². The second-order valence-corrected chi connectivity index (χ2v) is 9.96. The van der Waals surface area contributed by atoms with E-state index in [2.05, 4.69) is 34.8 Å². The van der Waals surface area contributed by atoms with Gasteiger partial charge in [-0.25, -0.2) is 18.2 Å². The lowest BCUT2D eigenvalue weighted by Gasteiger charge is -2.21. The Morgan fingerprint density at radius 3 is 2.39 bits per heavy atom. The quantitative estimate of drug-likeness (QED) is 0.269. The lowest BCUT2D eigenvalue weighted by atomic mass is 10.1. The second kappa shape index (κ2) is 11.0. The highest BCUT2D eigenvalue weighted by Crippen LogP contribution is 2.21. The minimum Gasteiger partial charge on any atom is -0.489 e. The highest BCUT2D eigenvalue weighted by atomic mass is 32.2. The third-order valence-corrected chi connectivity index (χ3v) is 6.44. The largest absolute Gasteiger partial charge is 0.489 e.